The Balaban J connectivity index is 2.17. The van der Waals surface area contributed by atoms with Crippen molar-refractivity contribution in [2.75, 3.05) is 11.9 Å². The molecular weight excluding hydrogens is 278 g/mol. The highest BCUT2D eigenvalue weighted by Gasteiger charge is 2.18. The Morgan fingerprint density at radius 1 is 1.23 bits per heavy atom. The highest BCUT2D eigenvalue weighted by Crippen LogP contribution is 2.19. The summed E-state index contributed by atoms with van der Waals surface area (Å²) in [5, 5.41) is 7.23. The van der Waals surface area contributed by atoms with Gasteiger partial charge in [-0.1, -0.05) is 31.5 Å². The second kappa shape index (κ2) is 7.64. The van der Waals surface area contributed by atoms with Crippen molar-refractivity contribution in [1.29, 1.82) is 0 Å². The number of carbonyl (C=O) groups excluding carboxylic acids is 1. The first-order chi connectivity index (χ1) is 10.6. The first-order valence-electron chi connectivity index (χ1n) is 7.72. The van der Waals surface area contributed by atoms with Gasteiger partial charge in [0.25, 0.3) is 5.91 Å². The van der Waals surface area contributed by atoms with Gasteiger partial charge in [-0.15, -0.1) is 5.10 Å². The number of amides is 1. The fraction of sp³-hybridized carbons (Fsp3) is 0.412. The van der Waals surface area contributed by atoms with Crippen LogP contribution in [0.1, 0.15) is 42.6 Å². The fourth-order valence-electron chi connectivity index (χ4n) is 2.04. The molecule has 1 heterocycles. The number of hydrogen-bond acceptors (Lipinski definition) is 3. The number of ether oxygens (including phenoxy) is 1. The van der Waals surface area contributed by atoms with Crippen molar-refractivity contribution in [3.05, 3.63) is 41.6 Å². The predicted octanol–water partition coefficient (Wildman–Crippen LogP) is 3.64. The fourth-order valence-corrected chi connectivity index (χ4v) is 2.04. The molecule has 0 aliphatic rings. The molecule has 0 atom stereocenters. The molecule has 0 aliphatic heterocycles. The summed E-state index contributed by atoms with van der Waals surface area (Å²) in [6.45, 7) is 7.42. The second-order valence-electron chi connectivity index (χ2n) is 5.28. The predicted molar refractivity (Wildman–Crippen MR) is 87.4 cm³/mol. The number of nitrogens with zero attached hydrogens (tertiary/aromatic N) is 2. The third kappa shape index (κ3) is 4.10. The Morgan fingerprint density at radius 3 is 2.59 bits per heavy atom. The summed E-state index contributed by atoms with van der Waals surface area (Å²) in [5.41, 5.74) is 2.39. The summed E-state index contributed by atoms with van der Waals surface area (Å²) >= 11 is 0. The molecule has 1 aromatic heterocycles. The van der Waals surface area contributed by atoms with E-state index in [0.717, 1.165) is 30.6 Å². The summed E-state index contributed by atoms with van der Waals surface area (Å²) in [5.74, 6) is 0.206. The smallest absolute Gasteiger partial charge is 0.262 e. The number of rotatable bonds is 7. The molecule has 2 rings (SSSR count). The first kappa shape index (κ1) is 16.1. The van der Waals surface area contributed by atoms with Crippen LogP contribution in [0, 0.1) is 6.92 Å². The largest absolute Gasteiger partial charge is 0.476 e. The zero-order valence-corrected chi connectivity index (χ0v) is 13.4. The molecular formula is C17H23N3O2. The van der Waals surface area contributed by atoms with Crippen LogP contribution in [-0.2, 0) is 6.54 Å². The molecule has 1 aromatic carbocycles. The number of hydrogen-bond donors (Lipinski definition) is 1. The minimum atomic E-state index is -0.197. The van der Waals surface area contributed by atoms with Crippen LogP contribution in [0.4, 0.5) is 5.69 Å². The average Bonchev–Trinajstić information content (AvgIpc) is 2.91. The lowest BCUT2D eigenvalue weighted by molar-refractivity contribution is 0.102. The van der Waals surface area contributed by atoms with Gasteiger partial charge in [-0.3, -0.25) is 9.48 Å². The topological polar surface area (TPSA) is 56.2 Å². The van der Waals surface area contributed by atoms with Crippen molar-refractivity contribution >= 4 is 11.6 Å². The minimum Gasteiger partial charge on any atom is -0.476 e. The van der Waals surface area contributed by atoms with E-state index in [2.05, 4.69) is 17.3 Å². The molecule has 0 saturated heterocycles. The summed E-state index contributed by atoms with van der Waals surface area (Å²) in [7, 11) is 0. The van der Waals surface area contributed by atoms with Gasteiger partial charge in [-0.2, -0.15) is 0 Å². The van der Waals surface area contributed by atoms with Crippen LogP contribution in [0.15, 0.2) is 30.5 Å². The molecule has 0 fully saturated rings. The second-order valence-corrected chi connectivity index (χ2v) is 5.28. The standard InChI is InChI=1S/C17H23N3O2/c1-4-10-20-12-15(17(19-20)22-11-5-2)16(21)18-14-8-6-13(3)7-9-14/h6-9,12H,4-5,10-11H2,1-3H3,(H,18,21). The van der Waals surface area contributed by atoms with Crippen molar-refractivity contribution in [2.45, 2.75) is 40.2 Å². The molecule has 0 bridgehead atoms. The molecule has 0 saturated carbocycles. The van der Waals surface area contributed by atoms with Gasteiger partial charge in [0.15, 0.2) is 0 Å². The van der Waals surface area contributed by atoms with Gasteiger partial charge in [0.1, 0.15) is 5.56 Å². The molecule has 2 aromatic rings. The van der Waals surface area contributed by atoms with Gasteiger partial charge in [0.2, 0.25) is 5.88 Å². The maximum atomic E-state index is 12.5. The lowest BCUT2D eigenvalue weighted by atomic mass is 10.2. The van der Waals surface area contributed by atoms with Crippen molar-refractivity contribution in [3.63, 3.8) is 0 Å². The Labute approximate surface area is 131 Å². The molecule has 5 heteroatoms. The van der Waals surface area contributed by atoms with Crippen LogP contribution >= 0.6 is 0 Å². The van der Waals surface area contributed by atoms with E-state index in [1.165, 1.54) is 0 Å². The third-order valence-electron chi connectivity index (χ3n) is 3.18. The zero-order chi connectivity index (χ0) is 15.9. The zero-order valence-electron chi connectivity index (χ0n) is 13.4. The van der Waals surface area contributed by atoms with Crippen molar-refractivity contribution in [1.82, 2.24) is 9.78 Å². The molecule has 1 N–H and O–H groups in total. The third-order valence-corrected chi connectivity index (χ3v) is 3.18. The van der Waals surface area contributed by atoms with E-state index in [0.29, 0.717) is 18.1 Å². The van der Waals surface area contributed by atoms with E-state index in [4.69, 9.17) is 4.74 Å². The Bertz CT molecular complexity index is 617. The number of nitrogens with one attached hydrogen (secondary N) is 1. The SMILES string of the molecule is CCCOc1nn(CCC)cc1C(=O)Nc1ccc(C)cc1. The normalized spacial score (nSPS) is 10.5. The first-order valence-corrected chi connectivity index (χ1v) is 7.72. The molecule has 1 amide bonds. The van der Waals surface area contributed by atoms with E-state index in [-0.39, 0.29) is 5.91 Å². The number of anilines is 1. The lowest BCUT2D eigenvalue weighted by Gasteiger charge is -2.06. The Morgan fingerprint density at radius 2 is 1.95 bits per heavy atom. The molecule has 5 nitrogen and oxygen atoms in total. The maximum absolute atomic E-state index is 12.5. The maximum Gasteiger partial charge on any atom is 0.262 e. The highest BCUT2D eigenvalue weighted by molar-refractivity contribution is 6.05. The van der Waals surface area contributed by atoms with Crippen LogP contribution < -0.4 is 10.1 Å². The van der Waals surface area contributed by atoms with Crippen LogP contribution in [-0.4, -0.2) is 22.3 Å². The molecule has 0 radical (unpaired) electrons. The Kier molecular flexibility index (Phi) is 5.58. The number of aromatic nitrogens is 2. The number of benzene rings is 1. The molecule has 22 heavy (non-hydrogen) atoms. The van der Waals surface area contributed by atoms with E-state index < -0.39 is 0 Å². The molecule has 0 aliphatic carbocycles. The lowest BCUT2D eigenvalue weighted by Crippen LogP contribution is -2.13. The minimum absolute atomic E-state index is 0.197. The average molecular weight is 301 g/mol. The van der Waals surface area contributed by atoms with Gasteiger partial charge < -0.3 is 10.1 Å². The van der Waals surface area contributed by atoms with Crippen molar-refractivity contribution in [3.8, 4) is 5.88 Å². The number of aryl methyl sites for hydroxylation is 2. The monoisotopic (exact) mass is 301 g/mol. The summed E-state index contributed by atoms with van der Waals surface area (Å²) < 4.78 is 7.36. The summed E-state index contributed by atoms with van der Waals surface area (Å²) in [4.78, 5) is 12.5. The molecule has 0 spiro atoms. The van der Waals surface area contributed by atoms with Crippen LogP contribution in [0.25, 0.3) is 0 Å². The molecule has 0 unspecified atom stereocenters. The Hall–Kier alpha value is -2.30. The van der Waals surface area contributed by atoms with E-state index in [1.807, 2.05) is 38.1 Å². The van der Waals surface area contributed by atoms with Gasteiger partial charge in [0.05, 0.1) is 6.61 Å². The van der Waals surface area contributed by atoms with Crippen LogP contribution in [0.5, 0.6) is 5.88 Å². The van der Waals surface area contributed by atoms with Gasteiger partial charge in [-0.25, -0.2) is 0 Å². The quantitative estimate of drug-likeness (QED) is 0.849. The van der Waals surface area contributed by atoms with Crippen LogP contribution in [0.2, 0.25) is 0 Å². The van der Waals surface area contributed by atoms with Crippen LogP contribution in [0.3, 0.4) is 0 Å². The van der Waals surface area contributed by atoms with Gasteiger partial charge >= 0.3 is 0 Å². The van der Waals surface area contributed by atoms with Gasteiger partial charge in [0, 0.05) is 18.4 Å². The molecule has 118 valence electrons. The highest BCUT2D eigenvalue weighted by atomic mass is 16.5. The van der Waals surface area contributed by atoms with Crippen molar-refractivity contribution in [2.24, 2.45) is 0 Å². The van der Waals surface area contributed by atoms with E-state index in [1.54, 1.807) is 10.9 Å². The number of carbonyl (C=O) groups is 1. The summed E-state index contributed by atoms with van der Waals surface area (Å²) in [6, 6.07) is 7.70. The van der Waals surface area contributed by atoms with Gasteiger partial charge in [-0.05, 0) is 31.9 Å². The van der Waals surface area contributed by atoms with Crippen molar-refractivity contribution < 1.29 is 9.53 Å². The summed E-state index contributed by atoms with van der Waals surface area (Å²) in [6.07, 6.45) is 3.57. The van der Waals surface area contributed by atoms with E-state index >= 15 is 0 Å². The van der Waals surface area contributed by atoms with E-state index in [9.17, 15) is 4.79 Å².